The number of amides is 2. The zero-order valence-corrected chi connectivity index (χ0v) is 47.2. The van der Waals surface area contributed by atoms with E-state index in [1.807, 2.05) is 52.0 Å². The summed E-state index contributed by atoms with van der Waals surface area (Å²) in [4.78, 5) is 73.7. The van der Waals surface area contributed by atoms with Gasteiger partial charge in [0.15, 0.2) is 11.2 Å². The van der Waals surface area contributed by atoms with E-state index in [0.717, 1.165) is 11.1 Å². The van der Waals surface area contributed by atoms with Crippen LogP contribution >= 0.6 is 35.6 Å². The molecule has 0 saturated carbocycles. The molecule has 4 atom stereocenters. The van der Waals surface area contributed by atoms with Crippen LogP contribution in [-0.2, 0) is 50.9 Å². The predicted octanol–water partition coefficient (Wildman–Crippen LogP) is 10.9. The van der Waals surface area contributed by atoms with E-state index in [-0.39, 0.29) is 63.6 Å². The van der Waals surface area contributed by atoms with Gasteiger partial charge >= 0.3 is 24.2 Å². The Bertz CT molecular complexity index is 2440. The summed E-state index contributed by atoms with van der Waals surface area (Å²) in [6.45, 7) is 18.1. The lowest BCUT2D eigenvalue weighted by molar-refractivity contribution is -0.185. The second-order valence-corrected chi connectivity index (χ2v) is 19.7. The van der Waals surface area contributed by atoms with Crippen molar-refractivity contribution in [2.75, 3.05) is 33.2 Å². The maximum atomic E-state index is 12.7. The summed E-state index contributed by atoms with van der Waals surface area (Å²) in [5.41, 5.74) is 5.91. The van der Waals surface area contributed by atoms with Gasteiger partial charge in [0.05, 0.1) is 0 Å². The van der Waals surface area contributed by atoms with Gasteiger partial charge in [-0.1, -0.05) is 90.0 Å². The van der Waals surface area contributed by atoms with Crippen LogP contribution in [0.5, 0.6) is 11.5 Å². The molecule has 0 aromatic heterocycles. The fourth-order valence-electron chi connectivity index (χ4n) is 6.45. The smallest absolute Gasteiger partial charge is 0.476 e. The highest BCUT2D eigenvalue weighted by Gasteiger charge is 2.36. The third-order valence-electron chi connectivity index (χ3n) is 10.9. The summed E-state index contributed by atoms with van der Waals surface area (Å²) in [6, 6.07) is 27.6. The molecule has 0 aliphatic heterocycles. The maximum absolute atomic E-state index is 12.7. The van der Waals surface area contributed by atoms with Crippen LogP contribution in [0.25, 0.3) is 0 Å². The van der Waals surface area contributed by atoms with Crippen molar-refractivity contribution in [2.24, 2.45) is 17.6 Å². The van der Waals surface area contributed by atoms with Gasteiger partial charge in [0.2, 0.25) is 12.6 Å². The Morgan fingerprint density at radius 1 is 0.513 bits per heavy atom. The number of hydrogen-bond acceptors (Lipinski definition) is 16. The lowest BCUT2D eigenvalue weighted by Crippen LogP contribution is -2.42. The SMILES string of the molecule is C.C.CC(OC(=O)OC(CN)C(C)C)OC(=O)C(C)(C)Oc1ccc(CCNC(=O)c2ccc(Cl)cc2)cc1.CNCC(OC(=O)OC(C)OC(=O)C(C)(C)Oc1ccc(CCNC(=O)c2ccc(Cl)cc2)cc1)C(C)C.Cl. The standard InChI is InChI=1S/C28H37ClN2O7.C27H35ClN2O7.2CH4.ClH/c1-18(2)24(17-30-6)37-27(34)36-19(3)35-26(33)28(4,5)38-23-13-7-20(8-14-23)15-16-31-25(32)21-9-11-22(29)12-10-21;1-17(2)23(16-29)36-26(33)35-18(3)34-25(32)27(4,5)37-22-12-6-19(7-13-22)14-15-30-24(31)20-8-10-21(28)11-9-20;;;/h7-14,18-19,24,30H,15-17H2,1-6H3,(H,31,32);6-13,17-18,23H,14-16,29H2,1-5H3,(H,30,31);2*1H4;1H. The van der Waals surface area contributed by atoms with Crippen LogP contribution in [0.4, 0.5) is 9.59 Å². The molecule has 21 heteroatoms. The van der Waals surface area contributed by atoms with Gasteiger partial charge in [0, 0.05) is 61.2 Å². The minimum Gasteiger partial charge on any atom is -0.476 e. The second-order valence-electron chi connectivity index (χ2n) is 18.8. The van der Waals surface area contributed by atoms with Crippen molar-refractivity contribution in [3.05, 3.63) is 129 Å². The van der Waals surface area contributed by atoms with Crippen molar-refractivity contribution in [3.63, 3.8) is 0 Å². The zero-order chi connectivity index (χ0) is 55.9. The molecule has 0 saturated heterocycles. The van der Waals surface area contributed by atoms with Gasteiger partial charge in [-0.3, -0.25) is 9.59 Å². The minimum atomic E-state index is -1.35. The average Bonchev–Trinajstić information content (AvgIpc) is 3.34. The fraction of sp³-hybridized carbons (Fsp3) is 0.474. The van der Waals surface area contributed by atoms with E-state index in [2.05, 4.69) is 16.0 Å². The molecular weight excluding hydrogens is 1070 g/mol. The zero-order valence-electron chi connectivity index (χ0n) is 44.9. The van der Waals surface area contributed by atoms with Gasteiger partial charge in [0.25, 0.3) is 11.8 Å². The molecule has 0 fully saturated rings. The lowest BCUT2D eigenvalue weighted by Gasteiger charge is -2.26. The number of benzene rings is 4. The van der Waals surface area contributed by atoms with Crippen LogP contribution in [0.15, 0.2) is 97.1 Å². The molecule has 0 aliphatic carbocycles. The molecule has 78 heavy (non-hydrogen) atoms. The highest BCUT2D eigenvalue weighted by molar-refractivity contribution is 6.31. The first-order chi connectivity index (χ1) is 35.3. The molecule has 0 heterocycles. The van der Waals surface area contributed by atoms with Crippen LogP contribution in [0, 0.1) is 11.8 Å². The summed E-state index contributed by atoms with van der Waals surface area (Å²) in [5.74, 6) is -0.772. The van der Waals surface area contributed by atoms with Crippen molar-refractivity contribution < 1.29 is 66.7 Å². The Morgan fingerprint density at radius 2 is 0.846 bits per heavy atom. The Hall–Kier alpha value is -6.31. The molecule has 5 N–H and O–H groups in total. The van der Waals surface area contributed by atoms with E-state index in [9.17, 15) is 28.8 Å². The molecule has 434 valence electrons. The quantitative estimate of drug-likeness (QED) is 0.0274. The topological polar surface area (TPSA) is 238 Å². The van der Waals surface area contributed by atoms with Gasteiger partial charge in [-0.15, -0.1) is 12.4 Å². The summed E-state index contributed by atoms with van der Waals surface area (Å²) in [6.07, 6.45) is -3.89. The van der Waals surface area contributed by atoms with E-state index in [1.165, 1.54) is 13.8 Å². The Kier molecular flexibility index (Phi) is 32.4. The number of ether oxygens (including phenoxy) is 8. The van der Waals surface area contributed by atoms with Crippen LogP contribution in [0.3, 0.4) is 0 Å². The molecule has 2 amide bonds. The first-order valence-electron chi connectivity index (χ1n) is 24.5. The fourth-order valence-corrected chi connectivity index (χ4v) is 6.70. The number of likely N-dealkylation sites (N-methyl/N-ethyl adjacent to an activating group) is 1. The van der Waals surface area contributed by atoms with Gasteiger partial charge in [-0.25, -0.2) is 19.2 Å². The summed E-state index contributed by atoms with van der Waals surface area (Å²) in [5, 5.41) is 9.82. The van der Waals surface area contributed by atoms with Crippen molar-refractivity contribution in [3.8, 4) is 11.5 Å². The normalized spacial score (nSPS) is 12.4. The largest absolute Gasteiger partial charge is 0.511 e. The first-order valence-corrected chi connectivity index (χ1v) is 25.2. The number of rotatable bonds is 25. The van der Waals surface area contributed by atoms with Crippen molar-refractivity contribution in [1.82, 2.24) is 16.0 Å². The summed E-state index contributed by atoms with van der Waals surface area (Å²) >= 11 is 11.7. The van der Waals surface area contributed by atoms with Gasteiger partial charge in [0.1, 0.15) is 23.7 Å². The van der Waals surface area contributed by atoms with E-state index in [4.69, 9.17) is 66.8 Å². The highest BCUT2D eigenvalue weighted by atomic mass is 35.5. The van der Waals surface area contributed by atoms with Crippen LogP contribution < -0.4 is 31.2 Å². The Morgan fingerprint density at radius 3 is 1.15 bits per heavy atom. The second kappa shape index (κ2) is 35.2. The first kappa shape index (κ1) is 71.7. The highest BCUT2D eigenvalue weighted by Crippen LogP contribution is 2.24. The van der Waals surface area contributed by atoms with Gasteiger partial charge in [-0.05, 0) is 143 Å². The third kappa shape index (κ3) is 25.9. The molecule has 0 bridgehead atoms. The van der Waals surface area contributed by atoms with Crippen molar-refractivity contribution in [1.29, 1.82) is 0 Å². The summed E-state index contributed by atoms with van der Waals surface area (Å²) in [7, 11) is 1.76. The molecule has 0 spiro atoms. The number of hydrogen-bond donors (Lipinski definition) is 4. The predicted molar refractivity (Wildman–Crippen MR) is 304 cm³/mol. The molecule has 18 nitrogen and oxygen atoms in total. The molecule has 4 aromatic carbocycles. The summed E-state index contributed by atoms with van der Waals surface area (Å²) < 4.78 is 42.6. The van der Waals surface area contributed by atoms with Crippen LogP contribution in [0.1, 0.15) is 116 Å². The van der Waals surface area contributed by atoms with E-state index < -0.39 is 54.1 Å². The number of carbonyl (C=O) groups is 6. The number of carbonyl (C=O) groups excluding carboxylic acids is 6. The number of nitrogens with one attached hydrogen (secondary N) is 3. The van der Waals surface area contributed by atoms with Gasteiger partial charge in [-0.2, -0.15) is 0 Å². The van der Waals surface area contributed by atoms with Crippen molar-refractivity contribution >= 4 is 71.7 Å². The number of halogens is 3. The molecular formula is C57H81Cl3N4O14. The number of esters is 2. The minimum absolute atomic E-state index is 0. The molecule has 4 rings (SSSR count). The molecule has 0 radical (unpaired) electrons. The van der Waals surface area contributed by atoms with Crippen LogP contribution in [-0.4, -0.2) is 105 Å². The van der Waals surface area contributed by atoms with Crippen LogP contribution in [0.2, 0.25) is 10.0 Å². The Balaban J connectivity index is 0.00000146. The lowest BCUT2D eigenvalue weighted by atomic mass is 10.1. The van der Waals surface area contributed by atoms with E-state index in [0.29, 0.717) is 65.1 Å². The average molecular weight is 1150 g/mol. The number of nitrogens with two attached hydrogens (primary N) is 1. The molecule has 4 aromatic rings. The Labute approximate surface area is 476 Å². The monoisotopic (exact) mass is 1150 g/mol. The molecule has 4 unspecified atom stereocenters. The van der Waals surface area contributed by atoms with Crippen molar-refractivity contribution in [2.45, 2.75) is 133 Å². The molecule has 0 aliphatic rings. The van der Waals surface area contributed by atoms with E-state index in [1.54, 1.807) is 108 Å². The third-order valence-corrected chi connectivity index (χ3v) is 11.4. The maximum Gasteiger partial charge on any atom is 0.511 e. The van der Waals surface area contributed by atoms with E-state index >= 15 is 0 Å². The van der Waals surface area contributed by atoms with Gasteiger partial charge < -0.3 is 59.6 Å².